The number of hydrogen-bond acceptors (Lipinski definition) is 4. The van der Waals surface area contributed by atoms with Crippen LogP contribution in [0.15, 0.2) is 48.5 Å². The molecule has 0 aliphatic carbocycles. The van der Waals surface area contributed by atoms with Crippen molar-refractivity contribution in [3.8, 4) is 5.75 Å². The average molecular weight is 353 g/mol. The van der Waals surface area contributed by atoms with Crippen LogP contribution in [0.4, 0.5) is 5.69 Å². The number of benzene rings is 2. The Morgan fingerprint density at radius 2 is 2.00 bits per heavy atom. The Balaban J connectivity index is 1.81. The van der Waals surface area contributed by atoms with Crippen molar-refractivity contribution in [1.82, 2.24) is 0 Å². The highest BCUT2D eigenvalue weighted by molar-refractivity contribution is 7.20. The Morgan fingerprint density at radius 1 is 1.20 bits per heavy atom. The lowest BCUT2D eigenvalue weighted by atomic mass is 10.1. The molecule has 4 N–H and O–H groups in total. The Kier molecular flexibility index (Phi) is 4.72. The van der Waals surface area contributed by atoms with Crippen LogP contribution in [0.5, 0.6) is 5.75 Å². The molecule has 3 aromatic rings. The largest absolute Gasteiger partial charge is 0.491 e. The van der Waals surface area contributed by atoms with Gasteiger partial charge in [-0.15, -0.1) is 11.3 Å². The van der Waals surface area contributed by atoms with Crippen molar-refractivity contribution in [3.63, 3.8) is 0 Å². The first-order valence-corrected chi connectivity index (χ1v) is 8.70. The summed E-state index contributed by atoms with van der Waals surface area (Å²) in [6, 6.07) is 14.6. The molecule has 1 heterocycles. The molecule has 1 amide bonds. The molecule has 0 bridgehead atoms. The lowest BCUT2D eigenvalue weighted by Gasteiger charge is -2.11. The maximum absolute atomic E-state index is 12.5. The lowest BCUT2D eigenvalue weighted by molar-refractivity contribution is 0.102. The molecule has 0 saturated heterocycles. The van der Waals surface area contributed by atoms with Crippen molar-refractivity contribution < 1.29 is 9.53 Å². The third-order valence-electron chi connectivity index (χ3n) is 3.51. The Bertz CT molecular complexity index is 947. The number of amidine groups is 1. The van der Waals surface area contributed by atoms with Gasteiger partial charge in [-0.2, -0.15) is 0 Å². The van der Waals surface area contributed by atoms with Crippen molar-refractivity contribution in [2.24, 2.45) is 5.73 Å². The van der Waals surface area contributed by atoms with E-state index in [0.717, 1.165) is 10.1 Å². The van der Waals surface area contributed by atoms with E-state index in [1.165, 1.54) is 11.3 Å². The summed E-state index contributed by atoms with van der Waals surface area (Å²) in [4.78, 5) is 13.2. The summed E-state index contributed by atoms with van der Waals surface area (Å²) in [5.41, 5.74) is 6.76. The maximum atomic E-state index is 12.5. The van der Waals surface area contributed by atoms with E-state index in [0.29, 0.717) is 21.9 Å². The van der Waals surface area contributed by atoms with Gasteiger partial charge in [0, 0.05) is 22.0 Å². The fraction of sp³-hybridized carbons (Fsp3) is 0.158. The smallest absolute Gasteiger partial charge is 0.255 e. The van der Waals surface area contributed by atoms with Gasteiger partial charge in [0.1, 0.15) is 11.6 Å². The summed E-state index contributed by atoms with van der Waals surface area (Å²) >= 11 is 1.40. The van der Waals surface area contributed by atoms with Crippen molar-refractivity contribution in [2.45, 2.75) is 20.0 Å². The van der Waals surface area contributed by atoms with Crippen LogP contribution in [0.3, 0.4) is 0 Å². The van der Waals surface area contributed by atoms with E-state index in [9.17, 15) is 4.79 Å². The highest BCUT2D eigenvalue weighted by Gasteiger charge is 2.10. The Morgan fingerprint density at radius 3 is 2.72 bits per heavy atom. The summed E-state index contributed by atoms with van der Waals surface area (Å²) < 4.78 is 6.57. The Labute approximate surface area is 149 Å². The van der Waals surface area contributed by atoms with Crippen LogP contribution in [0.1, 0.15) is 29.1 Å². The van der Waals surface area contributed by atoms with E-state index in [1.807, 2.05) is 50.2 Å². The lowest BCUT2D eigenvalue weighted by Crippen LogP contribution is -2.12. The number of amides is 1. The molecule has 0 aliphatic heterocycles. The molecular weight excluding hydrogens is 334 g/mol. The molecule has 0 fully saturated rings. The van der Waals surface area contributed by atoms with Crippen LogP contribution >= 0.6 is 11.3 Å². The van der Waals surface area contributed by atoms with Crippen molar-refractivity contribution >= 4 is 38.9 Å². The monoisotopic (exact) mass is 353 g/mol. The molecule has 0 saturated carbocycles. The summed E-state index contributed by atoms with van der Waals surface area (Å²) in [6.45, 7) is 3.91. The highest BCUT2D eigenvalue weighted by atomic mass is 32.1. The first-order chi connectivity index (χ1) is 11.9. The summed E-state index contributed by atoms with van der Waals surface area (Å²) in [7, 11) is 0. The zero-order chi connectivity index (χ0) is 18.0. The van der Waals surface area contributed by atoms with E-state index >= 15 is 0 Å². The van der Waals surface area contributed by atoms with Gasteiger partial charge in [-0.05, 0) is 49.6 Å². The van der Waals surface area contributed by atoms with Crippen molar-refractivity contribution in [2.75, 3.05) is 5.32 Å². The predicted molar refractivity (Wildman–Crippen MR) is 103 cm³/mol. The van der Waals surface area contributed by atoms with Gasteiger partial charge < -0.3 is 15.8 Å². The minimum absolute atomic E-state index is 0.0363. The molecule has 5 nitrogen and oxygen atoms in total. The van der Waals surface area contributed by atoms with Crippen LogP contribution in [-0.4, -0.2) is 17.8 Å². The molecule has 0 aliphatic rings. The van der Waals surface area contributed by atoms with Crippen molar-refractivity contribution in [1.29, 1.82) is 5.41 Å². The molecule has 6 heteroatoms. The molecule has 128 valence electrons. The molecule has 0 radical (unpaired) electrons. The van der Waals surface area contributed by atoms with Gasteiger partial charge in [0.2, 0.25) is 0 Å². The number of hydrogen-bond donors (Lipinski definition) is 3. The van der Waals surface area contributed by atoms with Gasteiger partial charge in [-0.25, -0.2) is 0 Å². The highest BCUT2D eigenvalue weighted by Crippen LogP contribution is 2.27. The molecule has 2 aromatic carbocycles. The fourth-order valence-electron chi connectivity index (χ4n) is 2.43. The van der Waals surface area contributed by atoms with E-state index in [2.05, 4.69) is 5.32 Å². The predicted octanol–water partition coefficient (Wildman–Crippen LogP) is 4.22. The first kappa shape index (κ1) is 17.0. The zero-order valence-electron chi connectivity index (χ0n) is 14.0. The van der Waals surface area contributed by atoms with Crippen LogP contribution in [0.25, 0.3) is 10.1 Å². The first-order valence-electron chi connectivity index (χ1n) is 7.88. The quantitative estimate of drug-likeness (QED) is 0.474. The van der Waals surface area contributed by atoms with Gasteiger partial charge >= 0.3 is 0 Å². The maximum Gasteiger partial charge on any atom is 0.255 e. The average Bonchev–Trinajstić information content (AvgIpc) is 2.98. The zero-order valence-corrected chi connectivity index (χ0v) is 14.8. The summed E-state index contributed by atoms with van der Waals surface area (Å²) in [5, 5.41) is 11.4. The summed E-state index contributed by atoms with van der Waals surface area (Å²) in [6.07, 6.45) is 0.0719. The number of anilines is 1. The van der Waals surface area contributed by atoms with Crippen LogP contribution in [0, 0.1) is 5.41 Å². The minimum Gasteiger partial charge on any atom is -0.491 e. The second-order valence-corrected chi connectivity index (χ2v) is 7.01. The number of ether oxygens (including phenoxy) is 1. The van der Waals surface area contributed by atoms with Gasteiger partial charge in [0.25, 0.3) is 5.91 Å². The standard InChI is InChI=1S/C19H19N3O2S/c1-11(2)24-15-5-3-4-14(10-15)22-19(23)13-7-6-12-8-17(18(20)21)25-16(12)9-13/h3-11H,1-2H3,(H3,20,21)(H,22,23). The minimum atomic E-state index is -0.193. The molecule has 0 atom stereocenters. The third-order valence-corrected chi connectivity index (χ3v) is 4.64. The van der Waals surface area contributed by atoms with E-state index in [1.54, 1.807) is 12.1 Å². The summed E-state index contributed by atoms with van der Waals surface area (Å²) in [5.74, 6) is 0.558. The number of carbonyl (C=O) groups is 1. The fourth-order valence-corrected chi connectivity index (χ4v) is 3.39. The number of nitrogens with one attached hydrogen (secondary N) is 2. The van der Waals surface area contributed by atoms with E-state index < -0.39 is 0 Å². The second-order valence-electron chi connectivity index (χ2n) is 5.93. The number of fused-ring (bicyclic) bond motifs is 1. The second kappa shape index (κ2) is 6.94. The topological polar surface area (TPSA) is 88.2 Å². The van der Waals surface area contributed by atoms with Crippen LogP contribution in [-0.2, 0) is 0 Å². The van der Waals surface area contributed by atoms with Crippen LogP contribution < -0.4 is 15.8 Å². The van der Waals surface area contributed by atoms with Gasteiger partial charge in [-0.1, -0.05) is 12.1 Å². The van der Waals surface area contributed by atoms with Gasteiger partial charge in [0.05, 0.1) is 11.0 Å². The van der Waals surface area contributed by atoms with Gasteiger partial charge in [0.15, 0.2) is 0 Å². The normalized spacial score (nSPS) is 10.8. The number of nitrogen functional groups attached to an aromatic ring is 1. The van der Waals surface area contributed by atoms with E-state index in [4.69, 9.17) is 15.9 Å². The number of thiophene rings is 1. The SMILES string of the molecule is CC(C)Oc1cccc(NC(=O)c2ccc3cc(C(=N)N)sc3c2)c1. The third kappa shape index (κ3) is 3.97. The van der Waals surface area contributed by atoms with E-state index in [-0.39, 0.29) is 17.8 Å². The molecular formula is C19H19N3O2S. The van der Waals surface area contributed by atoms with Crippen molar-refractivity contribution in [3.05, 3.63) is 59.0 Å². The number of nitrogens with two attached hydrogens (primary N) is 1. The molecule has 3 rings (SSSR count). The number of rotatable bonds is 5. The number of carbonyl (C=O) groups excluding carboxylic acids is 1. The molecule has 0 spiro atoms. The van der Waals surface area contributed by atoms with Gasteiger partial charge in [-0.3, -0.25) is 10.2 Å². The molecule has 0 unspecified atom stereocenters. The van der Waals surface area contributed by atoms with Crippen LogP contribution in [0.2, 0.25) is 0 Å². The molecule has 25 heavy (non-hydrogen) atoms. The molecule has 1 aromatic heterocycles. The Hall–Kier alpha value is -2.86.